The minimum absolute atomic E-state index is 0.298. The van der Waals surface area contributed by atoms with Crippen LogP contribution in [0.15, 0.2) is 48.5 Å². The van der Waals surface area contributed by atoms with E-state index in [0.717, 1.165) is 5.56 Å². The average Bonchev–Trinajstić information content (AvgIpc) is 2.61. The summed E-state index contributed by atoms with van der Waals surface area (Å²) in [7, 11) is 1.53. The summed E-state index contributed by atoms with van der Waals surface area (Å²) in [5.74, 6) is -0.636. The first-order valence-electron chi connectivity index (χ1n) is 7.41. The first-order chi connectivity index (χ1) is 11.6. The van der Waals surface area contributed by atoms with Gasteiger partial charge in [0.1, 0.15) is 11.6 Å². The molecule has 2 rings (SSSR count). The van der Waals surface area contributed by atoms with Gasteiger partial charge in [-0.3, -0.25) is 4.79 Å². The van der Waals surface area contributed by atoms with E-state index in [1.807, 2.05) is 0 Å². The molecule has 0 atom stereocenters. The van der Waals surface area contributed by atoms with Gasteiger partial charge in [0.05, 0.1) is 12.7 Å². The highest BCUT2D eigenvalue weighted by Gasteiger charge is 2.10. The normalized spacial score (nSPS) is 10.1. The van der Waals surface area contributed by atoms with Crippen molar-refractivity contribution in [3.8, 4) is 5.75 Å². The molecular formula is C18H18FNO4. The van der Waals surface area contributed by atoms with Crippen LogP contribution in [0.2, 0.25) is 0 Å². The second kappa shape index (κ2) is 8.67. The lowest BCUT2D eigenvalue weighted by Gasteiger charge is -2.07. The summed E-state index contributed by atoms with van der Waals surface area (Å²) < 4.78 is 22.7. The Morgan fingerprint density at radius 1 is 1.04 bits per heavy atom. The monoisotopic (exact) mass is 331 g/mol. The van der Waals surface area contributed by atoms with Crippen molar-refractivity contribution in [2.45, 2.75) is 6.42 Å². The highest BCUT2D eigenvalue weighted by atomic mass is 19.1. The van der Waals surface area contributed by atoms with E-state index in [1.54, 1.807) is 36.4 Å². The summed E-state index contributed by atoms with van der Waals surface area (Å²) in [5, 5.41) is 2.64. The lowest BCUT2D eigenvalue weighted by Crippen LogP contribution is -2.30. The molecule has 126 valence electrons. The number of benzene rings is 2. The Morgan fingerprint density at radius 2 is 1.71 bits per heavy atom. The van der Waals surface area contributed by atoms with E-state index in [2.05, 4.69) is 5.32 Å². The Morgan fingerprint density at radius 3 is 2.33 bits per heavy atom. The maximum Gasteiger partial charge on any atom is 0.338 e. The number of esters is 1. The smallest absolute Gasteiger partial charge is 0.338 e. The second-order valence-corrected chi connectivity index (χ2v) is 5.03. The summed E-state index contributed by atoms with van der Waals surface area (Å²) in [6.07, 6.45) is 0.568. The molecule has 0 bridgehead atoms. The summed E-state index contributed by atoms with van der Waals surface area (Å²) in [6, 6.07) is 12.5. The molecule has 0 aliphatic rings. The molecule has 1 amide bonds. The lowest BCUT2D eigenvalue weighted by atomic mass is 10.1. The minimum Gasteiger partial charge on any atom is -0.497 e. The molecule has 0 saturated heterocycles. The van der Waals surface area contributed by atoms with Gasteiger partial charge in [0, 0.05) is 6.54 Å². The molecule has 0 heterocycles. The van der Waals surface area contributed by atoms with Gasteiger partial charge in [-0.25, -0.2) is 9.18 Å². The van der Waals surface area contributed by atoms with Crippen molar-refractivity contribution in [1.29, 1.82) is 0 Å². The fourth-order valence-electron chi connectivity index (χ4n) is 1.99. The quantitative estimate of drug-likeness (QED) is 0.791. The van der Waals surface area contributed by atoms with Gasteiger partial charge in [0.2, 0.25) is 0 Å². The van der Waals surface area contributed by atoms with Crippen LogP contribution in [0, 0.1) is 5.82 Å². The third-order valence-corrected chi connectivity index (χ3v) is 3.31. The number of hydrogen-bond acceptors (Lipinski definition) is 4. The lowest BCUT2D eigenvalue weighted by molar-refractivity contribution is -0.124. The van der Waals surface area contributed by atoms with Gasteiger partial charge in [-0.2, -0.15) is 0 Å². The number of rotatable bonds is 7. The molecular weight excluding hydrogens is 313 g/mol. The van der Waals surface area contributed by atoms with E-state index in [1.165, 1.54) is 19.2 Å². The Labute approximate surface area is 139 Å². The van der Waals surface area contributed by atoms with Crippen LogP contribution in [0.25, 0.3) is 0 Å². The molecule has 2 aromatic rings. The van der Waals surface area contributed by atoms with Gasteiger partial charge in [0.25, 0.3) is 5.91 Å². The van der Waals surface area contributed by atoms with Gasteiger partial charge >= 0.3 is 5.97 Å². The molecule has 1 N–H and O–H groups in total. The Hall–Kier alpha value is -2.89. The number of carbonyl (C=O) groups is 2. The zero-order valence-electron chi connectivity index (χ0n) is 13.3. The Balaban J connectivity index is 1.70. The Kier molecular flexibility index (Phi) is 6.31. The Bertz CT molecular complexity index is 683. The van der Waals surface area contributed by atoms with Crippen molar-refractivity contribution in [3.05, 3.63) is 65.5 Å². The molecule has 0 radical (unpaired) electrons. The third-order valence-electron chi connectivity index (χ3n) is 3.31. The average molecular weight is 331 g/mol. The van der Waals surface area contributed by atoms with Crippen molar-refractivity contribution in [2.75, 3.05) is 20.3 Å². The highest BCUT2D eigenvalue weighted by Crippen LogP contribution is 2.12. The number of amides is 1. The van der Waals surface area contributed by atoms with Crippen LogP contribution >= 0.6 is 0 Å². The summed E-state index contributed by atoms with van der Waals surface area (Å²) in [4.78, 5) is 23.5. The number of hydrogen-bond donors (Lipinski definition) is 1. The molecule has 24 heavy (non-hydrogen) atoms. The van der Waals surface area contributed by atoms with E-state index in [-0.39, 0.29) is 18.3 Å². The van der Waals surface area contributed by atoms with Crippen LogP contribution in [-0.2, 0) is 16.0 Å². The van der Waals surface area contributed by atoms with Crippen LogP contribution in [0.3, 0.4) is 0 Å². The number of nitrogens with one attached hydrogen (secondary N) is 1. The first-order valence-corrected chi connectivity index (χ1v) is 7.41. The van der Waals surface area contributed by atoms with Gasteiger partial charge in [0.15, 0.2) is 6.61 Å². The van der Waals surface area contributed by atoms with E-state index >= 15 is 0 Å². The largest absolute Gasteiger partial charge is 0.497 e. The van der Waals surface area contributed by atoms with E-state index in [9.17, 15) is 14.0 Å². The molecule has 0 saturated carbocycles. The maximum absolute atomic E-state index is 12.8. The number of methoxy groups -OCH3 is 1. The minimum atomic E-state index is -0.577. The third kappa shape index (κ3) is 5.39. The van der Waals surface area contributed by atoms with Gasteiger partial charge in [-0.15, -0.1) is 0 Å². The maximum atomic E-state index is 12.8. The number of ether oxygens (including phenoxy) is 2. The zero-order valence-corrected chi connectivity index (χ0v) is 13.3. The van der Waals surface area contributed by atoms with Crippen molar-refractivity contribution in [1.82, 2.24) is 5.32 Å². The standard InChI is InChI=1S/C18H18FNO4/c1-23-16-8-4-14(5-9-16)18(22)24-12-17(21)20-11-10-13-2-6-15(19)7-3-13/h2-9H,10-12H2,1H3,(H,20,21). The van der Waals surface area contributed by atoms with Crippen LogP contribution < -0.4 is 10.1 Å². The fraction of sp³-hybridized carbons (Fsp3) is 0.222. The van der Waals surface area contributed by atoms with Crippen molar-refractivity contribution >= 4 is 11.9 Å². The van der Waals surface area contributed by atoms with Crippen LogP contribution in [0.4, 0.5) is 4.39 Å². The fourth-order valence-corrected chi connectivity index (χ4v) is 1.99. The van der Waals surface area contributed by atoms with Crippen molar-refractivity contribution in [3.63, 3.8) is 0 Å². The number of halogens is 1. The summed E-state index contributed by atoms with van der Waals surface area (Å²) >= 11 is 0. The highest BCUT2D eigenvalue weighted by molar-refractivity contribution is 5.91. The van der Waals surface area contributed by atoms with Crippen LogP contribution in [-0.4, -0.2) is 32.1 Å². The topological polar surface area (TPSA) is 64.6 Å². The van der Waals surface area contributed by atoms with Crippen molar-refractivity contribution < 1.29 is 23.5 Å². The predicted molar refractivity (Wildman–Crippen MR) is 86.4 cm³/mol. The van der Waals surface area contributed by atoms with Crippen LogP contribution in [0.1, 0.15) is 15.9 Å². The second-order valence-electron chi connectivity index (χ2n) is 5.03. The molecule has 0 spiro atoms. The zero-order chi connectivity index (χ0) is 17.4. The SMILES string of the molecule is COc1ccc(C(=O)OCC(=O)NCCc2ccc(F)cc2)cc1. The van der Waals surface area contributed by atoms with Crippen molar-refractivity contribution in [2.24, 2.45) is 0 Å². The molecule has 6 heteroatoms. The first kappa shape index (κ1) is 17.5. The van der Waals surface area contributed by atoms with E-state index in [4.69, 9.17) is 9.47 Å². The molecule has 0 aromatic heterocycles. The molecule has 0 unspecified atom stereocenters. The van der Waals surface area contributed by atoms with Crippen LogP contribution in [0.5, 0.6) is 5.75 Å². The van der Waals surface area contributed by atoms with E-state index in [0.29, 0.717) is 24.3 Å². The predicted octanol–water partition coefficient (Wildman–Crippen LogP) is 2.35. The number of carbonyl (C=O) groups excluding carboxylic acids is 2. The summed E-state index contributed by atoms with van der Waals surface area (Å²) in [5.41, 5.74) is 1.25. The molecule has 5 nitrogen and oxygen atoms in total. The molecule has 0 aliphatic carbocycles. The molecule has 2 aromatic carbocycles. The van der Waals surface area contributed by atoms with E-state index < -0.39 is 5.97 Å². The van der Waals surface area contributed by atoms with Gasteiger partial charge in [-0.1, -0.05) is 12.1 Å². The van der Waals surface area contributed by atoms with Gasteiger partial charge < -0.3 is 14.8 Å². The molecule has 0 aliphatic heterocycles. The molecule has 0 fully saturated rings. The summed E-state index contributed by atoms with van der Waals surface area (Å²) in [6.45, 7) is 0.0266. The van der Waals surface area contributed by atoms with Gasteiger partial charge in [-0.05, 0) is 48.4 Å².